The van der Waals surface area contributed by atoms with Gasteiger partial charge in [-0.15, -0.1) is 11.3 Å². The Morgan fingerprint density at radius 1 is 1.80 bits per heavy atom. The van der Waals surface area contributed by atoms with E-state index in [0.29, 0.717) is 4.88 Å². The van der Waals surface area contributed by atoms with Gasteiger partial charge in [-0.05, 0) is 18.6 Å². The summed E-state index contributed by atoms with van der Waals surface area (Å²) in [6.45, 7) is 1.80. The lowest BCUT2D eigenvalue weighted by Gasteiger charge is -1.86. The fraction of sp³-hybridized carbons (Fsp3) is 0.167. The van der Waals surface area contributed by atoms with Crippen LogP contribution in [0.5, 0.6) is 0 Å². The molecule has 0 bridgehead atoms. The Labute approximate surface area is 65.1 Å². The van der Waals surface area contributed by atoms with Crippen molar-refractivity contribution in [3.8, 4) is 0 Å². The molecule has 0 aliphatic rings. The first-order valence-corrected chi connectivity index (χ1v) is 4.10. The molecule has 1 N–H and O–H groups in total. The molecular weight excluding hydrogens is 167 g/mol. The third kappa shape index (κ3) is 1.36. The van der Waals surface area contributed by atoms with Gasteiger partial charge in [-0.25, -0.2) is 4.79 Å². The van der Waals surface area contributed by atoms with Gasteiger partial charge in [0.15, 0.2) is 0 Å². The third-order valence-corrected chi connectivity index (χ3v) is 2.71. The van der Waals surface area contributed by atoms with E-state index in [1.165, 1.54) is 11.3 Å². The van der Waals surface area contributed by atoms with Gasteiger partial charge in [-0.1, -0.05) is 9.24 Å². The summed E-state index contributed by atoms with van der Waals surface area (Å²) in [5.41, 5.74) is 0.836. The first-order chi connectivity index (χ1) is 4.61. The molecule has 2 nitrogen and oxygen atoms in total. The van der Waals surface area contributed by atoms with Gasteiger partial charge in [0.2, 0.25) is 0 Å². The lowest BCUT2D eigenvalue weighted by molar-refractivity contribution is 0.0701. The zero-order chi connectivity index (χ0) is 7.72. The summed E-state index contributed by atoms with van der Waals surface area (Å²) in [6, 6.07) is 1.85. The highest BCUT2D eigenvalue weighted by molar-refractivity contribution is 7.43. The van der Waals surface area contributed by atoms with Crippen LogP contribution in [0.3, 0.4) is 0 Å². The first kappa shape index (κ1) is 7.70. The minimum Gasteiger partial charge on any atom is -0.477 e. The van der Waals surface area contributed by atoms with Gasteiger partial charge in [0, 0.05) is 4.62 Å². The predicted molar refractivity (Wildman–Crippen MR) is 45.4 cm³/mol. The standard InChI is InChI=1S/C6H7O2PS/c1-3-2-4(9)10-5(3)6(7)8/h2H,9H2,1H3,(H,7,8). The van der Waals surface area contributed by atoms with E-state index in [1.807, 2.05) is 6.07 Å². The van der Waals surface area contributed by atoms with E-state index in [0.717, 1.165) is 10.2 Å². The van der Waals surface area contributed by atoms with Crippen LogP contribution in [0.4, 0.5) is 0 Å². The molecule has 54 valence electrons. The predicted octanol–water partition coefficient (Wildman–Crippen LogP) is 1.26. The lowest BCUT2D eigenvalue weighted by Crippen LogP contribution is -1.93. The van der Waals surface area contributed by atoms with Crippen molar-refractivity contribution in [1.29, 1.82) is 0 Å². The average Bonchev–Trinajstić information content (AvgIpc) is 2.10. The molecule has 1 atom stereocenters. The van der Waals surface area contributed by atoms with E-state index in [-0.39, 0.29) is 0 Å². The maximum atomic E-state index is 10.4. The van der Waals surface area contributed by atoms with E-state index in [9.17, 15) is 4.79 Å². The number of hydrogen-bond acceptors (Lipinski definition) is 2. The summed E-state index contributed by atoms with van der Waals surface area (Å²) in [4.78, 5) is 10.9. The Morgan fingerprint density at radius 2 is 2.40 bits per heavy atom. The second-order valence-electron chi connectivity index (χ2n) is 1.97. The quantitative estimate of drug-likeness (QED) is 0.650. The topological polar surface area (TPSA) is 37.3 Å². The van der Waals surface area contributed by atoms with Crippen molar-refractivity contribution in [2.45, 2.75) is 6.92 Å². The van der Waals surface area contributed by atoms with Crippen LogP contribution in [0, 0.1) is 6.92 Å². The van der Waals surface area contributed by atoms with Crippen LogP contribution in [-0.4, -0.2) is 11.1 Å². The molecule has 1 aromatic heterocycles. The van der Waals surface area contributed by atoms with E-state index in [1.54, 1.807) is 6.92 Å². The molecule has 0 aliphatic heterocycles. The van der Waals surface area contributed by atoms with Gasteiger partial charge in [-0.2, -0.15) is 0 Å². The minimum atomic E-state index is -0.837. The molecule has 1 unspecified atom stereocenters. The Hall–Kier alpha value is -0.400. The van der Waals surface area contributed by atoms with Gasteiger partial charge in [0.05, 0.1) is 0 Å². The summed E-state index contributed by atoms with van der Waals surface area (Å²) >= 11 is 1.29. The monoisotopic (exact) mass is 174 g/mol. The third-order valence-electron chi connectivity index (χ3n) is 1.13. The number of aryl methyl sites for hydroxylation is 1. The Kier molecular flexibility index (Phi) is 2.07. The smallest absolute Gasteiger partial charge is 0.346 e. The van der Waals surface area contributed by atoms with Crippen LogP contribution < -0.4 is 4.62 Å². The lowest BCUT2D eigenvalue weighted by atomic mass is 10.3. The summed E-state index contributed by atoms with van der Waals surface area (Å²) < 4.78 is 0.968. The van der Waals surface area contributed by atoms with Crippen molar-refractivity contribution < 1.29 is 9.90 Å². The maximum absolute atomic E-state index is 10.4. The molecule has 1 heterocycles. The molecule has 1 rings (SSSR count). The molecule has 0 saturated carbocycles. The zero-order valence-electron chi connectivity index (χ0n) is 5.42. The van der Waals surface area contributed by atoms with E-state index >= 15 is 0 Å². The summed E-state index contributed by atoms with van der Waals surface area (Å²) in [5.74, 6) is -0.837. The van der Waals surface area contributed by atoms with Crippen molar-refractivity contribution in [1.82, 2.24) is 0 Å². The van der Waals surface area contributed by atoms with Crippen LogP contribution in [-0.2, 0) is 0 Å². The molecule has 1 aromatic rings. The van der Waals surface area contributed by atoms with Crippen LogP contribution >= 0.6 is 20.6 Å². The summed E-state index contributed by atoms with van der Waals surface area (Å²) in [5, 5.41) is 8.58. The van der Waals surface area contributed by atoms with Crippen LogP contribution in [0.1, 0.15) is 15.2 Å². The van der Waals surface area contributed by atoms with Gasteiger partial charge in [0.1, 0.15) is 4.88 Å². The fourth-order valence-electron chi connectivity index (χ4n) is 0.719. The molecule has 0 fully saturated rings. The molecule has 0 amide bonds. The maximum Gasteiger partial charge on any atom is 0.346 e. The number of thiophene rings is 1. The first-order valence-electron chi connectivity index (χ1n) is 2.70. The molecule has 0 radical (unpaired) electrons. The van der Waals surface area contributed by atoms with Crippen molar-refractivity contribution in [2.24, 2.45) is 0 Å². The SMILES string of the molecule is Cc1cc(P)sc1C(=O)O. The Bertz CT molecular complexity index is 267. The van der Waals surface area contributed by atoms with E-state index in [4.69, 9.17) is 5.11 Å². The zero-order valence-corrected chi connectivity index (χ0v) is 7.39. The van der Waals surface area contributed by atoms with Crippen molar-refractivity contribution in [3.63, 3.8) is 0 Å². The number of carboxylic acids is 1. The molecule has 0 spiro atoms. The van der Waals surface area contributed by atoms with E-state index in [2.05, 4.69) is 9.24 Å². The van der Waals surface area contributed by atoms with Gasteiger partial charge in [-0.3, -0.25) is 0 Å². The molecule has 10 heavy (non-hydrogen) atoms. The van der Waals surface area contributed by atoms with Gasteiger partial charge in [0.25, 0.3) is 0 Å². The Balaban J connectivity index is 3.15. The summed E-state index contributed by atoms with van der Waals surface area (Å²) in [7, 11) is 2.48. The number of carboxylic acid groups (broad SMARTS) is 1. The highest BCUT2D eigenvalue weighted by Crippen LogP contribution is 2.15. The molecular formula is C6H7O2PS. The fourth-order valence-corrected chi connectivity index (χ4v) is 2.10. The van der Waals surface area contributed by atoms with Crippen molar-refractivity contribution >= 4 is 31.2 Å². The van der Waals surface area contributed by atoms with Crippen LogP contribution in [0.2, 0.25) is 0 Å². The van der Waals surface area contributed by atoms with Crippen LogP contribution in [0.15, 0.2) is 6.07 Å². The molecule has 0 aromatic carbocycles. The van der Waals surface area contributed by atoms with Crippen molar-refractivity contribution in [2.75, 3.05) is 0 Å². The second kappa shape index (κ2) is 2.69. The highest BCUT2D eigenvalue weighted by atomic mass is 32.1. The van der Waals surface area contributed by atoms with Gasteiger partial charge < -0.3 is 5.11 Å². The number of carbonyl (C=O) groups is 1. The minimum absolute atomic E-state index is 0.435. The summed E-state index contributed by atoms with van der Waals surface area (Å²) in [6.07, 6.45) is 0. The largest absolute Gasteiger partial charge is 0.477 e. The molecule has 0 aliphatic carbocycles. The second-order valence-corrected chi connectivity index (χ2v) is 4.09. The molecule has 4 heteroatoms. The average molecular weight is 174 g/mol. The number of hydrogen-bond donors (Lipinski definition) is 1. The van der Waals surface area contributed by atoms with E-state index < -0.39 is 5.97 Å². The van der Waals surface area contributed by atoms with Crippen LogP contribution in [0.25, 0.3) is 0 Å². The number of aromatic carboxylic acids is 1. The van der Waals surface area contributed by atoms with Gasteiger partial charge >= 0.3 is 5.97 Å². The molecule has 0 saturated heterocycles. The highest BCUT2D eigenvalue weighted by Gasteiger charge is 2.09. The number of rotatable bonds is 1. The Morgan fingerprint density at radius 3 is 2.60 bits per heavy atom. The van der Waals surface area contributed by atoms with Crippen molar-refractivity contribution in [3.05, 3.63) is 16.5 Å². The normalized spacial score (nSPS) is 9.80.